The first-order valence-electron chi connectivity index (χ1n) is 11.3. The molecule has 0 fully saturated rings. The molecule has 0 radical (unpaired) electrons. The summed E-state index contributed by atoms with van der Waals surface area (Å²) in [4.78, 5) is 21.9. The van der Waals surface area contributed by atoms with Crippen LogP contribution in [0.4, 0.5) is 0 Å². The third-order valence-electron chi connectivity index (χ3n) is 5.87. The average molecular weight is 448 g/mol. The summed E-state index contributed by atoms with van der Waals surface area (Å²) in [6, 6.07) is 23.9. The van der Waals surface area contributed by atoms with E-state index in [1.54, 1.807) is 10.9 Å². The van der Waals surface area contributed by atoms with Gasteiger partial charge >= 0.3 is 0 Å². The summed E-state index contributed by atoms with van der Waals surface area (Å²) >= 11 is 0. The van der Waals surface area contributed by atoms with Gasteiger partial charge in [-0.05, 0) is 54.8 Å². The second kappa shape index (κ2) is 9.27. The largest absolute Gasteiger partial charge is 0.350 e. The molecule has 0 unspecified atom stereocenters. The second-order valence-corrected chi connectivity index (χ2v) is 8.33. The van der Waals surface area contributed by atoms with Gasteiger partial charge in [-0.3, -0.25) is 19.4 Å². The molecule has 1 amide bonds. The topological polar surface area (TPSA) is 72.7 Å². The van der Waals surface area contributed by atoms with E-state index in [-0.39, 0.29) is 12.5 Å². The summed E-state index contributed by atoms with van der Waals surface area (Å²) in [6.07, 6.45) is 3.73. The Morgan fingerprint density at radius 3 is 2.59 bits per heavy atom. The molecular weight excluding hydrogens is 422 g/mol. The molecule has 0 saturated carbocycles. The molecule has 3 aromatic heterocycles. The Morgan fingerprint density at radius 1 is 0.912 bits per heavy atom. The van der Waals surface area contributed by atoms with Gasteiger partial charge in [0.2, 0.25) is 5.91 Å². The fraction of sp³-hybridized carbons (Fsp3) is 0.143. The van der Waals surface area contributed by atoms with E-state index >= 15 is 0 Å². The molecule has 2 aromatic carbocycles. The number of rotatable bonds is 6. The summed E-state index contributed by atoms with van der Waals surface area (Å²) in [5, 5.41) is 8.83. The molecular formula is C28H25N5O. The lowest BCUT2D eigenvalue weighted by Crippen LogP contribution is -2.27. The first kappa shape index (κ1) is 21.5. The maximum atomic E-state index is 12.8. The minimum absolute atomic E-state index is 0.0966. The van der Waals surface area contributed by atoms with E-state index in [1.165, 1.54) is 0 Å². The first-order valence-corrected chi connectivity index (χ1v) is 11.3. The molecule has 0 atom stereocenters. The molecule has 0 spiro atoms. The van der Waals surface area contributed by atoms with Crippen LogP contribution in [0.25, 0.3) is 33.4 Å². The number of hydrogen-bond acceptors (Lipinski definition) is 4. The molecule has 3 heterocycles. The van der Waals surface area contributed by atoms with Gasteiger partial charge in [0, 0.05) is 35.6 Å². The molecule has 168 valence electrons. The predicted molar refractivity (Wildman–Crippen MR) is 134 cm³/mol. The van der Waals surface area contributed by atoms with Crippen LogP contribution >= 0.6 is 0 Å². The van der Waals surface area contributed by atoms with Crippen molar-refractivity contribution in [3.05, 3.63) is 102 Å². The Bertz CT molecular complexity index is 1480. The van der Waals surface area contributed by atoms with Crippen LogP contribution in [-0.4, -0.2) is 25.7 Å². The number of nitrogens with one attached hydrogen (secondary N) is 1. The van der Waals surface area contributed by atoms with Gasteiger partial charge in [0.15, 0.2) is 0 Å². The molecule has 0 aliphatic carbocycles. The Balaban J connectivity index is 1.49. The van der Waals surface area contributed by atoms with Crippen LogP contribution in [0.5, 0.6) is 0 Å². The number of hydrogen-bond donors (Lipinski definition) is 1. The van der Waals surface area contributed by atoms with Crippen molar-refractivity contribution in [3.63, 3.8) is 0 Å². The third-order valence-corrected chi connectivity index (χ3v) is 5.87. The van der Waals surface area contributed by atoms with Crippen LogP contribution in [0.2, 0.25) is 0 Å². The quantitative estimate of drug-likeness (QED) is 0.393. The number of aromatic nitrogens is 4. The second-order valence-electron chi connectivity index (χ2n) is 8.33. The van der Waals surface area contributed by atoms with Gasteiger partial charge in [-0.1, -0.05) is 48.5 Å². The van der Waals surface area contributed by atoms with E-state index in [1.807, 2.05) is 86.8 Å². The highest BCUT2D eigenvalue weighted by Gasteiger charge is 2.18. The number of carbonyl (C=O) groups excluding carboxylic acids is 1. The van der Waals surface area contributed by atoms with E-state index in [0.29, 0.717) is 6.54 Å². The average Bonchev–Trinajstić information content (AvgIpc) is 3.26. The van der Waals surface area contributed by atoms with Crippen molar-refractivity contribution in [2.24, 2.45) is 0 Å². The monoisotopic (exact) mass is 447 g/mol. The van der Waals surface area contributed by atoms with Crippen LogP contribution in [0.1, 0.15) is 16.8 Å². The van der Waals surface area contributed by atoms with E-state index in [2.05, 4.69) is 16.4 Å². The number of pyridine rings is 2. The molecule has 34 heavy (non-hydrogen) atoms. The van der Waals surface area contributed by atoms with Gasteiger partial charge in [-0.2, -0.15) is 5.10 Å². The summed E-state index contributed by atoms with van der Waals surface area (Å²) in [6.45, 7) is 4.61. The molecule has 1 N–H and O–H groups in total. The van der Waals surface area contributed by atoms with Crippen LogP contribution in [0, 0.1) is 13.8 Å². The minimum Gasteiger partial charge on any atom is -0.350 e. The fourth-order valence-corrected chi connectivity index (χ4v) is 4.10. The van der Waals surface area contributed by atoms with Crippen molar-refractivity contribution in [2.75, 3.05) is 0 Å². The Kier molecular flexibility index (Phi) is 5.87. The van der Waals surface area contributed by atoms with E-state index in [9.17, 15) is 4.79 Å². The number of para-hydroxylation sites is 1. The van der Waals surface area contributed by atoms with Gasteiger partial charge in [0.1, 0.15) is 12.2 Å². The number of amides is 1. The Morgan fingerprint density at radius 2 is 1.74 bits per heavy atom. The highest BCUT2D eigenvalue weighted by atomic mass is 16.2. The van der Waals surface area contributed by atoms with Gasteiger partial charge in [-0.25, -0.2) is 0 Å². The summed E-state index contributed by atoms with van der Waals surface area (Å²) in [5.41, 5.74) is 7.52. The number of nitrogens with zero attached hydrogens (tertiary/aromatic N) is 4. The molecule has 0 aliphatic heterocycles. The Hall–Kier alpha value is -4.32. The van der Waals surface area contributed by atoms with Crippen LogP contribution in [0.3, 0.4) is 0 Å². The van der Waals surface area contributed by atoms with Crippen molar-refractivity contribution in [3.8, 4) is 22.5 Å². The number of benzene rings is 2. The lowest BCUT2D eigenvalue weighted by molar-refractivity contribution is -0.122. The van der Waals surface area contributed by atoms with Gasteiger partial charge < -0.3 is 5.32 Å². The molecule has 5 rings (SSSR count). The molecule has 6 heteroatoms. The zero-order valence-corrected chi connectivity index (χ0v) is 19.2. The number of fused-ring (bicyclic) bond motifs is 1. The normalized spacial score (nSPS) is 11.0. The van der Waals surface area contributed by atoms with Crippen molar-refractivity contribution in [1.29, 1.82) is 0 Å². The maximum absolute atomic E-state index is 12.8. The van der Waals surface area contributed by atoms with Gasteiger partial charge in [0.05, 0.1) is 11.2 Å². The minimum atomic E-state index is -0.0966. The van der Waals surface area contributed by atoms with E-state index in [4.69, 9.17) is 10.1 Å². The summed E-state index contributed by atoms with van der Waals surface area (Å²) in [7, 11) is 0. The van der Waals surface area contributed by atoms with Crippen molar-refractivity contribution in [1.82, 2.24) is 25.1 Å². The standard InChI is InChI=1S/C28H25N5O/c1-19-8-3-4-10-21(19)16-30-27(34)18-33-17-24(28(32-33)26-13-7-9-20(2)31-26)22-14-15-29-25-12-6-5-11-23(22)25/h3-15,17H,16,18H2,1-2H3,(H,30,34). The Labute approximate surface area is 198 Å². The van der Waals surface area contributed by atoms with Crippen molar-refractivity contribution in [2.45, 2.75) is 26.9 Å². The van der Waals surface area contributed by atoms with E-state index < -0.39 is 0 Å². The maximum Gasteiger partial charge on any atom is 0.241 e. The highest BCUT2D eigenvalue weighted by molar-refractivity contribution is 5.97. The lowest BCUT2D eigenvalue weighted by Gasteiger charge is -2.08. The number of aryl methyl sites for hydroxylation is 2. The number of carbonyl (C=O) groups is 1. The first-order chi connectivity index (χ1) is 16.6. The zero-order valence-electron chi connectivity index (χ0n) is 19.2. The van der Waals surface area contributed by atoms with Crippen molar-refractivity contribution >= 4 is 16.8 Å². The van der Waals surface area contributed by atoms with E-state index in [0.717, 1.165) is 50.2 Å². The SMILES string of the molecule is Cc1cccc(-c2nn(CC(=O)NCc3ccccc3C)cc2-c2ccnc3ccccc23)n1. The third kappa shape index (κ3) is 4.43. The lowest BCUT2D eigenvalue weighted by atomic mass is 10.0. The van der Waals surface area contributed by atoms with Crippen LogP contribution in [-0.2, 0) is 17.9 Å². The smallest absolute Gasteiger partial charge is 0.241 e. The van der Waals surface area contributed by atoms with Crippen molar-refractivity contribution < 1.29 is 4.79 Å². The molecule has 0 bridgehead atoms. The molecule has 0 saturated heterocycles. The summed E-state index contributed by atoms with van der Waals surface area (Å²) in [5.74, 6) is -0.0966. The van der Waals surface area contributed by atoms with Crippen LogP contribution < -0.4 is 5.32 Å². The zero-order chi connectivity index (χ0) is 23.5. The highest BCUT2D eigenvalue weighted by Crippen LogP contribution is 2.34. The molecule has 5 aromatic rings. The fourth-order valence-electron chi connectivity index (χ4n) is 4.10. The predicted octanol–water partition coefficient (Wildman–Crippen LogP) is 5.09. The van der Waals surface area contributed by atoms with Gasteiger partial charge in [0.25, 0.3) is 0 Å². The van der Waals surface area contributed by atoms with Gasteiger partial charge in [-0.15, -0.1) is 0 Å². The molecule has 6 nitrogen and oxygen atoms in total. The van der Waals surface area contributed by atoms with Crippen LogP contribution in [0.15, 0.2) is 85.2 Å². The summed E-state index contributed by atoms with van der Waals surface area (Å²) < 4.78 is 1.69. The molecule has 0 aliphatic rings.